The van der Waals surface area contributed by atoms with E-state index in [0.29, 0.717) is 0 Å². The first kappa shape index (κ1) is 16.5. The van der Waals surface area contributed by atoms with Gasteiger partial charge in [-0.2, -0.15) is 5.10 Å². The lowest BCUT2D eigenvalue weighted by Crippen LogP contribution is -2.38. The first-order valence-corrected chi connectivity index (χ1v) is 8.56. The molecule has 0 aromatic carbocycles. The molecule has 2 aromatic rings. The summed E-state index contributed by atoms with van der Waals surface area (Å²) in [6.07, 6.45) is 5.67. The fraction of sp³-hybridized carbons (Fsp3) is 0.533. The number of guanidine groups is 1. The highest BCUT2D eigenvalue weighted by atomic mass is 32.1. The van der Waals surface area contributed by atoms with Crippen LogP contribution in [0.1, 0.15) is 24.0 Å². The van der Waals surface area contributed by atoms with Crippen molar-refractivity contribution in [3.8, 4) is 0 Å². The summed E-state index contributed by atoms with van der Waals surface area (Å²) >= 11 is 1.70. The quantitative estimate of drug-likeness (QED) is 0.442. The minimum atomic E-state index is 0.783. The van der Waals surface area contributed by atoms with Crippen LogP contribution < -0.4 is 10.6 Å². The Morgan fingerprint density at radius 3 is 3.00 bits per heavy atom. The van der Waals surface area contributed by atoms with Crippen LogP contribution in [0.4, 0.5) is 0 Å². The Hall–Kier alpha value is -1.89. The normalized spacial score (nSPS) is 11.6. The van der Waals surface area contributed by atoms with Gasteiger partial charge < -0.3 is 10.6 Å². The molecule has 0 bridgehead atoms. The molecule has 0 aliphatic carbocycles. The van der Waals surface area contributed by atoms with Gasteiger partial charge in [0.25, 0.3) is 0 Å². The summed E-state index contributed by atoms with van der Waals surface area (Å²) in [5.74, 6) is 0.870. The lowest BCUT2D eigenvalue weighted by atomic mass is 10.3. The van der Waals surface area contributed by atoms with E-state index in [9.17, 15) is 0 Å². The van der Waals surface area contributed by atoms with Gasteiger partial charge in [0, 0.05) is 50.4 Å². The van der Waals surface area contributed by atoms with Gasteiger partial charge in [0.2, 0.25) is 0 Å². The topological polar surface area (TPSA) is 67.1 Å². The van der Waals surface area contributed by atoms with Crippen LogP contribution >= 0.6 is 11.3 Å². The van der Waals surface area contributed by atoms with Gasteiger partial charge in [-0.15, -0.1) is 11.3 Å². The van der Waals surface area contributed by atoms with E-state index in [4.69, 9.17) is 0 Å². The van der Waals surface area contributed by atoms with Crippen LogP contribution in [-0.2, 0) is 13.0 Å². The van der Waals surface area contributed by atoms with E-state index < -0.39 is 0 Å². The van der Waals surface area contributed by atoms with Crippen molar-refractivity contribution < 1.29 is 0 Å². The summed E-state index contributed by atoms with van der Waals surface area (Å²) in [5, 5.41) is 14.0. The molecule has 6 nitrogen and oxygen atoms in total. The maximum Gasteiger partial charge on any atom is 0.191 e. The molecule has 0 aliphatic heterocycles. The van der Waals surface area contributed by atoms with Gasteiger partial charge in [-0.1, -0.05) is 0 Å². The van der Waals surface area contributed by atoms with Gasteiger partial charge in [0.05, 0.1) is 10.7 Å². The number of rotatable bonds is 8. The molecule has 0 unspecified atom stereocenters. The Bertz CT molecular complexity index is 560. The molecule has 22 heavy (non-hydrogen) atoms. The number of aliphatic imine (C=N–C) groups is 1. The summed E-state index contributed by atoms with van der Waals surface area (Å²) < 4.78 is 1.93. The molecule has 0 aliphatic rings. The zero-order valence-electron chi connectivity index (χ0n) is 13.2. The summed E-state index contributed by atoms with van der Waals surface area (Å²) in [7, 11) is 0. The van der Waals surface area contributed by atoms with Gasteiger partial charge in [-0.05, 0) is 26.3 Å². The summed E-state index contributed by atoms with van der Waals surface area (Å²) in [4.78, 5) is 9.05. The standard InChI is InChI=1S/C15H24N6S/c1-3-16-15(17-7-4-10-21-11-5-8-19-21)18-9-6-14-12-22-13(2)20-14/h5,8,11-12H,3-4,6-7,9-10H2,1-2H3,(H2,16,17,18). The van der Waals surface area contributed by atoms with Gasteiger partial charge in [-0.3, -0.25) is 9.67 Å². The number of nitrogens with one attached hydrogen (secondary N) is 2. The number of hydrogen-bond donors (Lipinski definition) is 2. The van der Waals surface area contributed by atoms with Crippen LogP contribution in [0.3, 0.4) is 0 Å². The predicted octanol–water partition coefficient (Wildman–Crippen LogP) is 1.84. The Labute approximate surface area is 135 Å². The summed E-state index contributed by atoms with van der Waals surface area (Å²) in [5.41, 5.74) is 1.14. The monoisotopic (exact) mass is 320 g/mol. The zero-order valence-corrected chi connectivity index (χ0v) is 14.1. The van der Waals surface area contributed by atoms with Crippen molar-refractivity contribution in [3.63, 3.8) is 0 Å². The van der Waals surface area contributed by atoms with Crippen LogP contribution in [0.25, 0.3) is 0 Å². The molecule has 0 amide bonds. The Kier molecular flexibility index (Phi) is 6.89. The molecule has 0 radical (unpaired) electrons. The molecule has 7 heteroatoms. The molecular weight excluding hydrogens is 296 g/mol. The first-order valence-electron chi connectivity index (χ1n) is 7.68. The second-order valence-electron chi connectivity index (χ2n) is 4.92. The minimum absolute atomic E-state index is 0.783. The fourth-order valence-corrected chi connectivity index (χ4v) is 2.68. The molecule has 2 N–H and O–H groups in total. The largest absolute Gasteiger partial charge is 0.357 e. The predicted molar refractivity (Wildman–Crippen MR) is 91.4 cm³/mol. The number of hydrogen-bond acceptors (Lipinski definition) is 4. The summed E-state index contributed by atoms with van der Waals surface area (Å²) in [6.45, 7) is 7.49. The Balaban J connectivity index is 1.69. The van der Waals surface area contributed by atoms with Gasteiger partial charge in [-0.25, -0.2) is 4.98 Å². The van der Waals surface area contributed by atoms with Gasteiger partial charge in [0.1, 0.15) is 0 Å². The molecule has 2 aromatic heterocycles. The molecule has 0 spiro atoms. The van der Waals surface area contributed by atoms with Crippen LogP contribution in [0, 0.1) is 6.92 Å². The highest BCUT2D eigenvalue weighted by Crippen LogP contribution is 2.07. The van der Waals surface area contributed by atoms with E-state index in [2.05, 4.69) is 38.0 Å². The van der Waals surface area contributed by atoms with Gasteiger partial charge >= 0.3 is 0 Å². The second kappa shape index (κ2) is 9.19. The molecule has 0 atom stereocenters. The maximum atomic E-state index is 4.58. The number of aromatic nitrogens is 3. The fourth-order valence-electron chi connectivity index (χ4n) is 2.03. The first-order chi connectivity index (χ1) is 10.8. The van der Waals surface area contributed by atoms with Crippen molar-refractivity contribution in [2.45, 2.75) is 33.2 Å². The van der Waals surface area contributed by atoms with E-state index in [1.165, 1.54) is 0 Å². The second-order valence-corrected chi connectivity index (χ2v) is 5.98. The van der Waals surface area contributed by atoms with Crippen LogP contribution in [0.5, 0.6) is 0 Å². The highest BCUT2D eigenvalue weighted by molar-refractivity contribution is 7.09. The number of thiazole rings is 1. The van der Waals surface area contributed by atoms with E-state index in [1.54, 1.807) is 17.5 Å². The SMILES string of the molecule is CCNC(=NCCCn1cccn1)NCCc1csc(C)n1. The Morgan fingerprint density at radius 1 is 1.41 bits per heavy atom. The van der Waals surface area contributed by atoms with Crippen molar-refractivity contribution >= 4 is 17.3 Å². The molecule has 0 saturated carbocycles. The van der Waals surface area contributed by atoms with Crippen molar-refractivity contribution in [1.82, 2.24) is 25.4 Å². The lowest BCUT2D eigenvalue weighted by molar-refractivity contribution is 0.584. The molecule has 120 valence electrons. The molecular formula is C15H24N6S. The third kappa shape index (κ3) is 5.85. The van der Waals surface area contributed by atoms with E-state index in [0.717, 1.165) is 55.7 Å². The number of aryl methyl sites for hydroxylation is 2. The Morgan fingerprint density at radius 2 is 2.32 bits per heavy atom. The molecule has 2 heterocycles. The minimum Gasteiger partial charge on any atom is -0.357 e. The van der Waals surface area contributed by atoms with Crippen molar-refractivity contribution in [2.24, 2.45) is 4.99 Å². The molecule has 0 fully saturated rings. The summed E-state index contributed by atoms with van der Waals surface area (Å²) in [6, 6.07) is 1.94. The third-order valence-corrected chi connectivity index (χ3v) is 3.88. The average molecular weight is 320 g/mol. The molecule has 2 rings (SSSR count). The zero-order chi connectivity index (χ0) is 15.6. The van der Waals surface area contributed by atoms with Crippen molar-refractivity contribution in [3.05, 3.63) is 34.5 Å². The van der Waals surface area contributed by atoms with E-state index in [-0.39, 0.29) is 0 Å². The van der Waals surface area contributed by atoms with E-state index >= 15 is 0 Å². The smallest absolute Gasteiger partial charge is 0.191 e. The number of nitrogens with zero attached hydrogens (tertiary/aromatic N) is 4. The van der Waals surface area contributed by atoms with Crippen molar-refractivity contribution in [1.29, 1.82) is 0 Å². The van der Waals surface area contributed by atoms with Crippen LogP contribution in [-0.4, -0.2) is 40.4 Å². The molecule has 0 saturated heterocycles. The van der Waals surface area contributed by atoms with Crippen molar-refractivity contribution in [2.75, 3.05) is 19.6 Å². The lowest BCUT2D eigenvalue weighted by Gasteiger charge is -2.10. The van der Waals surface area contributed by atoms with Crippen LogP contribution in [0.15, 0.2) is 28.8 Å². The van der Waals surface area contributed by atoms with Crippen LogP contribution in [0.2, 0.25) is 0 Å². The highest BCUT2D eigenvalue weighted by Gasteiger charge is 2.00. The third-order valence-electron chi connectivity index (χ3n) is 3.06. The van der Waals surface area contributed by atoms with Gasteiger partial charge in [0.15, 0.2) is 5.96 Å². The average Bonchev–Trinajstić information content (AvgIpc) is 3.15. The maximum absolute atomic E-state index is 4.58. The van der Waals surface area contributed by atoms with E-state index in [1.807, 2.05) is 23.9 Å².